The molecule has 13 heteroatoms. The number of para-hydroxylation sites is 3. The zero-order chi connectivity index (χ0) is 32.6. The number of ether oxygens (including phenoxy) is 1. The van der Waals surface area contributed by atoms with E-state index in [1.165, 1.54) is 30.0 Å². The van der Waals surface area contributed by atoms with Gasteiger partial charge in [0.25, 0.3) is 5.91 Å². The average Bonchev–Trinajstić information content (AvgIpc) is 3.79. The molecule has 3 fully saturated rings. The van der Waals surface area contributed by atoms with Gasteiger partial charge in [0.15, 0.2) is 6.61 Å². The molecule has 8 rings (SSSR count). The maximum atomic E-state index is 14.0. The number of imide groups is 1. The Morgan fingerprint density at radius 3 is 2.36 bits per heavy atom. The number of carbonyl (C=O) groups excluding carboxylic acids is 3. The highest BCUT2D eigenvalue weighted by Gasteiger charge is 2.70. The lowest BCUT2D eigenvalue weighted by atomic mass is 9.68. The van der Waals surface area contributed by atoms with Crippen LogP contribution in [-0.4, -0.2) is 34.6 Å². The lowest BCUT2D eigenvalue weighted by Crippen LogP contribution is -2.42. The van der Waals surface area contributed by atoms with E-state index < -0.39 is 47.0 Å². The van der Waals surface area contributed by atoms with Crippen LogP contribution < -0.4 is 19.8 Å². The van der Waals surface area contributed by atoms with Crippen LogP contribution in [0.4, 0.5) is 24.5 Å². The summed E-state index contributed by atoms with van der Waals surface area (Å²) >= 11 is 2.56. The SMILES string of the molecule is O=C(COc1ccccc1[C@H]1c2sc(=O)[nH]c2SC2C1[C@H]1C[C@@H]2C2C(=O)N(c3ccccc3C(F)(F)F)C(=O)C21)Nc1ccccc1. The molecule has 4 aromatic rings. The maximum Gasteiger partial charge on any atom is 0.418 e. The van der Waals surface area contributed by atoms with Crippen LogP contribution in [0.1, 0.15) is 28.3 Å². The van der Waals surface area contributed by atoms with Gasteiger partial charge in [-0.2, -0.15) is 13.2 Å². The molecule has 4 aliphatic rings. The van der Waals surface area contributed by atoms with Gasteiger partial charge in [-0.05, 0) is 54.5 Å². The van der Waals surface area contributed by atoms with Gasteiger partial charge in [0.1, 0.15) is 5.75 Å². The van der Waals surface area contributed by atoms with Crippen LogP contribution in [0.25, 0.3) is 0 Å². The second kappa shape index (κ2) is 11.1. The highest BCUT2D eigenvalue weighted by molar-refractivity contribution is 8.00. The fraction of sp³-hybridized carbons (Fsp3) is 0.294. The van der Waals surface area contributed by atoms with E-state index in [-0.39, 0.29) is 40.4 Å². The third-order valence-corrected chi connectivity index (χ3v) is 12.4. The van der Waals surface area contributed by atoms with Crippen LogP contribution in [0.2, 0.25) is 0 Å². The number of carbonyl (C=O) groups is 3. The van der Waals surface area contributed by atoms with Gasteiger partial charge in [-0.25, -0.2) is 4.90 Å². The summed E-state index contributed by atoms with van der Waals surface area (Å²) in [6.07, 6.45) is -4.17. The molecule has 1 saturated heterocycles. The molecule has 3 amide bonds. The van der Waals surface area contributed by atoms with Gasteiger partial charge >= 0.3 is 11.0 Å². The van der Waals surface area contributed by atoms with Crippen molar-refractivity contribution in [2.24, 2.45) is 29.6 Å². The van der Waals surface area contributed by atoms with Crippen LogP contribution in [0.5, 0.6) is 5.75 Å². The van der Waals surface area contributed by atoms with E-state index in [0.29, 0.717) is 22.9 Å². The Labute approximate surface area is 274 Å². The fourth-order valence-electron chi connectivity index (χ4n) is 8.24. The minimum atomic E-state index is -4.75. The molecule has 4 unspecified atom stereocenters. The minimum Gasteiger partial charge on any atom is -0.483 e. The molecule has 2 aliphatic carbocycles. The first-order valence-corrected chi connectivity index (χ1v) is 16.8. The van der Waals surface area contributed by atoms with E-state index >= 15 is 0 Å². The lowest BCUT2D eigenvalue weighted by molar-refractivity contribution is -0.137. The minimum absolute atomic E-state index is 0.173. The topological polar surface area (TPSA) is 109 Å². The summed E-state index contributed by atoms with van der Waals surface area (Å²) in [4.78, 5) is 57.6. The van der Waals surface area contributed by atoms with E-state index in [2.05, 4.69) is 10.3 Å². The molecule has 240 valence electrons. The third-order valence-electron chi connectivity index (χ3n) is 9.84. The number of anilines is 2. The Bertz CT molecular complexity index is 1980. The molecule has 47 heavy (non-hydrogen) atoms. The number of hydrogen-bond acceptors (Lipinski definition) is 7. The monoisotopic (exact) mass is 677 g/mol. The van der Waals surface area contributed by atoms with Crippen molar-refractivity contribution in [3.63, 3.8) is 0 Å². The molecule has 7 atom stereocenters. The van der Waals surface area contributed by atoms with E-state index in [4.69, 9.17) is 4.74 Å². The van der Waals surface area contributed by atoms with Gasteiger partial charge in [-0.1, -0.05) is 59.9 Å². The number of H-pyrrole nitrogens is 1. The van der Waals surface area contributed by atoms with E-state index in [1.54, 1.807) is 36.4 Å². The van der Waals surface area contributed by atoms with Crippen molar-refractivity contribution in [3.05, 3.63) is 105 Å². The number of nitrogens with zero attached hydrogens (tertiary/aromatic N) is 1. The quantitative estimate of drug-likeness (QED) is 0.237. The number of hydrogen-bond donors (Lipinski definition) is 2. The van der Waals surface area contributed by atoms with Crippen LogP contribution in [0.15, 0.2) is 88.7 Å². The van der Waals surface area contributed by atoms with Crippen LogP contribution in [0, 0.1) is 29.6 Å². The van der Waals surface area contributed by atoms with E-state index in [9.17, 15) is 32.3 Å². The standard InChI is InChI=1S/C34H26F3N3O5S2/c35-34(36,37)20-11-5-6-12-21(20)40-31(42)26-18-14-19(27(26)32(40)43)28-25(18)24(29-30(46-28)39-33(44)47-29)17-10-4-7-13-22(17)45-15-23(41)38-16-8-2-1-3-9-16/h1-13,18-19,24-28H,14-15H2,(H,38,41)(H,39,44)/t18-,19-,24-,25?,26?,27?,28?/m1/s1. The molecule has 2 saturated carbocycles. The van der Waals surface area contributed by atoms with Crippen molar-refractivity contribution in [2.75, 3.05) is 16.8 Å². The summed E-state index contributed by atoms with van der Waals surface area (Å²) in [6.45, 7) is -0.269. The number of halogens is 3. The number of benzene rings is 3. The first kappa shape index (κ1) is 30.0. The number of fused-ring (bicyclic) bond motifs is 9. The molecule has 0 spiro atoms. The molecule has 2 N–H and O–H groups in total. The van der Waals surface area contributed by atoms with Gasteiger partial charge < -0.3 is 15.0 Å². The maximum absolute atomic E-state index is 14.0. The number of thiazole rings is 1. The highest BCUT2D eigenvalue weighted by atomic mass is 32.2. The number of nitrogens with one attached hydrogen (secondary N) is 2. The van der Waals surface area contributed by atoms with Gasteiger partial charge in [-0.15, -0.1) is 11.8 Å². The normalized spacial score (nSPS) is 27.4. The van der Waals surface area contributed by atoms with Gasteiger partial charge in [-0.3, -0.25) is 19.2 Å². The molecule has 1 aromatic heterocycles. The Hall–Kier alpha value is -4.36. The predicted octanol–water partition coefficient (Wildman–Crippen LogP) is 6.15. The first-order valence-electron chi connectivity index (χ1n) is 15.1. The van der Waals surface area contributed by atoms with Crippen LogP contribution in [-0.2, 0) is 20.6 Å². The fourth-order valence-corrected chi connectivity index (χ4v) is 11.1. The molecule has 2 bridgehead atoms. The van der Waals surface area contributed by atoms with Gasteiger partial charge in [0.05, 0.1) is 28.1 Å². The third kappa shape index (κ3) is 4.81. The average molecular weight is 678 g/mol. The van der Waals surface area contributed by atoms with Gasteiger partial charge in [0.2, 0.25) is 11.8 Å². The summed E-state index contributed by atoms with van der Waals surface area (Å²) in [7, 11) is 0. The molecule has 8 nitrogen and oxygen atoms in total. The van der Waals surface area contributed by atoms with Crippen molar-refractivity contribution >= 4 is 52.2 Å². The summed E-state index contributed by atoms with van der Waals surface area (Å²) in [6, 6.07) is 20.9. The van der Waals surface area contributed by atoms with Crippen molar-refractivity contribution in [3.8, 4) is 5.75 Å². The number of thioether (sulfide) groups is 1. The number of aromatic nitrogens is 1. The zero-order valence-electron chi connectivity index (χ0n) is 24.4. The van der Waals surface area contributed by atoms with Crippen molar-refractivity contribution in [1.82, 2.24) is 4.98 Å². The van der Waals surface area contributed by atoms with E-state index in [1.807, 2.05) is 18.2 Å². The summed E-state index contributed by atoms with van der Waals surface area (Å²) in [5.74, 6) is -3.83. The molecular formula is C34H26F3N3O5S2. The largest absolute Gasteiger partial charge is 0.483 e. The predicted molar refractivity (Wildman–Crippen MR) is 169 cm³/mol. The smallest absolute Gasteiger partial charge is 0.418 e. The highest BCUT2D eigenvalue weighted by Crippen LogP contribution is 2.69. The van der Waals surface area contributed by atoms with Crippen LogP contribution in [0.3, 0.4) is 0 Å². The Morgan fingerprint density at radius 1 is 0.915 bits per heavy atom. The van der Waals surface area contributed by atoms with E-state index in [0.717, 1.165) is 32.7 Å². The molecule has 3 heterocycles. The van der Waals surface area contributed by atoms with Crippen molar-refractivity contribution in [1.29, 1.82) is 0 Å². The molecule has 3 aromatic carbocycles. The number of amides is 3. The number of alkyl halides is 3. The van der Waals surface area contributed by atoms with Crippen molar-refractivity contribution in [2.45, 2.75) is 28.8 Å². The first-order chi connectivity index (χ1) is 22.6. The summed E-state index contributed by atoms with van der Waals surface area (Å²) in [5.41, 5.74) is -0.0952. The number of rotatable bonds is 6. The summed E-state index contributed by atoms with van der Waals surface area (Å²) in [5, 5.41) is 3.31. The molecule has 0 radical (unpaired) electrons. The van der Waals surface area contributed by atoms with Crippen molar-refractivity contribution < 1.29 is 32.3 Å². The summed E-state index contributed by atoms with van der Waals surface area (Å²) < 4.78 is 48.0. The Balaban J connectivity index is 1.14. The molecular weight excluding hydrogens is 652 g/mol. The second-order valence-corrected chi connectivity index (χ2v) is 14.4. The second-order valence-electron chi connectivity index (χ2n) is 12.2. The molecule has 2 aliphatic heterocycles. The number of aromatic amines is 1. The Kier molecular flexibility index (Phi) is 7.10. The lowest BCUT2D eigenvalue weighted by Gasteiger charge is -2.43. The van der Waals surface area contributed by atoms with Crippen LogP contribution >= 0.6 is 23.1 Å². The Morgan fingerprint density at radius 2 is 1.60 bits per heavy atom. The zero-order valence-corrected chi connectivity index (χ0v) is 26.0. The van der Waals surface area contributed by atoms with Gasteiger partial charge in [0, 0.05) is 27.3 Å².